The molecule has 0 aromatic heterocycles. The van der Waals surface area contributed by atoms with Crippen molar-refractivity contribution in [3.63, 3.8) is 0 Å². The predicted octanol–water partition coefficient (Wildman–Crippen LogP) is 3.85. The molecule has 0 saturated carbocycles. The Morgan fingerprint density at radius 3 is 1.90 bits per heavy atom. The number of carbonyl (C=O) groups is 2. The molecule has 4 heteroatoms. The number of hydrogen-bond donors (Lipinski definition) is 0. The van der Waals surface area contributed by atoms with Crippen molar-refractivity contribution in [1.82, 2.24) is 9.80 Å². The number of hydrogen-bond acceptors (Lipinski definition) is 2. The molecule has 0 N–H and O–H groups in total. The number of benzene rings is 2. The summed E-state index contributed by atoms with van der Waals surface area (Å²) >= 11 is 0. The topological polar surface area (TPSA) is 40.6 Å². The van der Waals surface area contributed by atoms with Gasteiger partial charge in [-0.05, 0) is 29.9 Å². The fourth-order valence-electron chi connectivity index (χ4n) is 4.35. The van der Waals surface area contributed by atoms with Gasteiger partial charge in [0.05, 0.1) is 5.92 Å². The summed E-state index contributed by atoms with van der Waals surface area (Å²) in [7, 11) is 0. The predicted molar refractivity (Wildman–Crippen MR) is 114 cm³/mol. The third-order valence-electron chi connectivity index (χ3n) is 6.01. The van der Waals surface area contributed by atoms with E-state index in [-0.39, 0.29) is 17.7 Å². The van der Waals surface area contributed by atoms with Gasteiger partial charge < -0.3 is 9.80 Å². The lowest BCUT2D eigenvalue weighted by Crippen LogP contribution is -2.51. The van der Waals surface area contributed by atoms with Crippen molar-refractivity contribution in [1.29, 1.82) is 0 Å². The molecule has 0 spiro atoms. The molecule has 29 heavy (non-hydrogen) atoms. The molecule has 1 fully saturated rings. The second-order valence-electron chi connectivity index (χ2n) is 7.93. The summed E-state index contributed by atoms with van der Waals surface area (Å²) in [4.78, 5) is 29.9. The van der Waals surface area contributed by atoms with Crippen LogP contribution in [0.4, 0.5) is 0 Å². The fraction of sp³-hybridized carbons (Fsp3) is 0.360. The van der Waals surface area contributed by atoms with E-state index in [4.69, 9.17) is 0 Å². The maximum atomic E-state index is 13.5. The first kappa shape index (κ1) is 19.4. The van der Waals surface area contributed by atoms with Gasteiger partial charge in [0.2, 0.25) is 11.8 Å². The Morgan fingerprint density at radius 2 is 1.38 bits per heavy atom. The summed E-state index contributed by atoms with van der Waals surface area (Å²) in [6, 6.07) is 19.9. The highest BCUT2D eigenvalue weighted by molar-refractivity contribution is 5.87. The highest BCUT2D eigenvalue weighted by Crippen LogP contribution is 2.28. The van der Waals surface area contributed by atoms with E-state index in [1.54, 1.807) is 0 Å². The Hall–Kier alpha value is -2.88. The van der Waals surface area contributed by atoms with Crippen LogP contribution in [0.1, 0.15) is 36.3 Å². The van der Waals surface area contributed by atoms with Crippen LogP contribution < -0.4 is 0 Å². The first-order valence-electron chi connectivity index (χ1n) is 10.6. The molecule has 2 aromatic carbocycles. The van der Waals surface area contributed by atoms with Gasteiger partial charge in [0.1, 0.15) is 0 Å². The zero-order valence-electron chi connectivity index (χ0n) is 16.7. The third-order valence-corrected chi connectivity index (χ3v) is 6.01. The van der Waals surface area contributed by atoms with Crippen molar-refractivity contribution in [2.75, 3.05) is 26.2 Å². The van der Waals surface area contributed by atoms with E-state index < -0.39 is 0 Å². The van der Waals surface area contributed by atoms with Crippen LogP contribution in [-0.4, -0.2) is 47.8 Å². The summed E-state index contributed by atoms with van der Waals surface area (Å²) in [5, 5.41) is 0. The normalized spacial score (nSPS) is 19.0. The number of amides is 2. The van der Waals surface area contributed by atoms with Crippen molar-refractivity contribution in [3.8, 4) is 0 Å². The quantitative estimate of drug-likeness (QED) is 0.730. The van der Waals surface area contributed by atoms with Gasteiger partial charge in [-0.2, -0.15) is 0 Å². The summed E-state index contributed by atoms with van der Waals surface area (Å²) in [5.74, 6) is 0.426. The van der Waals surface area contributed by atoms with Crippen LogP contribution in [0.3, 0.4) is 0 Å². The average molecular weight is 389 g/mol. The zero-order valence-corrected chi connectivity index (χ0v) is 16.7. The lowest BCUT2D eigenvalue weighted by atomic mass is 9.90. The van der Waals surface area contributed by atoms with Crippen LogP contribution in [0.2, 0.25) is 0 Å². The van der Waals surface area contributed by atoms with E-state index in [2.05, 4.69) is 12.2 Å². The minimum absolute atomic E-state index is 0.119. The van der Waals surface area contributed by atoms with Gasteiger partial charge in [-0.3, -0.25) is 9.59 Å². The number of rotatable bonds is 5. The summed E-state index contributed by atoms with van der Waals surface area (Å²) in [6.07, 6.45) is 7.10. The van der Waals surface area contributed by atoms with E-state index in [1.807, 2.05) is 70.5 Å². The largest absolute Gasteiger partial charge is 0.339 e. The van der Waals surface area contributed by atoms with Crippen LogP contribution in [0.5, 0.6) is 0 Å². The highest BCUT2D eigenvalue weighted by Gasteiger charge is 2.31. The first-order valence-corrected chi connectivity index (χ1v) is 10.6. The lowest BCUT2D eigenvalue weighted by molar-refractivity contribution is -0.140. The smallest absolute Gasteiger partial charge is 0.234 e. The number of allylic oxidation sites excluding steroid dienone is 2. The van der Waals surface area contributed by atoms with Crippen LogP contribution >= 0.6 is 0 Å². The molecule has 1 aliphatic heterocycles. The fourth-order valence-corrected chi connectivity index (χ4v) is 4.35. The number of nitrogens with zero attached hydrogens (tertiary/aromatic N) is 2. The third kappa shape index (κ3) is 4.58. The minimum atomic E-state index is -0.303. The van der Waals surface area contributed by atoms with Crippen LogP contribution in [0, 0.1) is 5.92 Å². The second kappa shape index (κ2) is 9.08. The van der Waals surface area contributed by atoms with Crippen LogP contribution in [0.25, 0.3) is 0 Å². The maximum Gasteiger partial charge on any atom is 0.234 e. The van der Waals surface area contributed by atoms with E-state index in [1.165, 1.54) is 0 Å². The van der Waals surface area contributed by atoms with Gasteiger partial charge in [-0.1, -0.05) is 72.8 Å². The Balaban J connectivity index is 1.43. The number of carbonyl (C=O) groups excluding carboxylic acids is 2. The molecule has 0 unspecified atom stereocenters. The van der Waals surface area contributed by atoms with Gasteiger partial charge in [-0.25, -0.2) is 0 Å². The van der Waals surface area contributed by atoms with Gasteiger partial charge in [0.25, 0.3) is 0 Å². The minimum Gasteiger partial charge on any atom is -0.339 e. The molecule has 2 amide bonds. The van der Waals surface area contributed by atoms with Crippen LogP contribution in [-0.2, 0) is 9.59 Å². The van der Waals surface area contributed by atoms with Crippen molar-refractivity contribution in [2.45, 2.75) is 25.2 Å². The molecule has 1 saturated heterocycles. The molecule has 1 heterocycles. The summed E-state index contributed by atoms with van der Waals surface area (Å²) in [5.41, 5.74) is 2.02. The molecule has 150 valence electrons. The SMILES string of the molecule is O=C(C[C@@H]1C=CCC1)N1CCN(C(=O)C(c2ccccc2)c2ccccc2)CC1. The zero-order chi connectivity index (χ0) is 20.1. The molecule has 1 atom stereocenters. The van der Waals surface area contributed by atoms with Gasteiger partial charge >= 0.3 is 0 Å². The molecular weight excluding hydrogens is 360 g/mol. The summed E-state index contributed by atoms with van der Waals surface area (Å²) < 4.78 is 0. The van der Waals surface area contributed by atoms with Gasteiger partial charge in [-0.15, -0.1) is 0 Å². The van der Waals surface area contributed by atoms with Gasteiger partial charge in [0, 0.05) is 32.6 Å². The molecule has 1 aliphatic carbocycles. The molecule has 0 radical (unpaired) electrons. The van der Waals surface area contributed by atoms with Gasteiger partial charge in [0.15, 0.2) is 0 Å². The Labute approximate surface area is 172 Å². The van der Waals surface area contributed by atoms with Crippen molar-refractivity contribution < 1.29 is 9.59 Å². The Bertz CT molecular complexity index is 815. The highest BCUT2D eigenvalue weighted by atomic mass is 16.2. The van der Waals surface area contributed by atoms with Crippen molar-refractivity contribution in [3.05, 3.63) is 83.9 Å². The molecular formula is C25H28N2O2. The van der Waals surface area contributed by atoms with E-state index in [0.717, 1.165) is 24.0 Å². The molecule has 0 bridgehead atoms. The van der Waals surface area contributed by atoms with Crippen molar-refractivity contribution >= 4 is 11.8 Å². The van der Waals surface area contributed by atoms with E-state index in [9.17, 15) is 9.59 Å². The lowest BCUT2D eigenvalue weighted by Gasteiger charge is -2.37. The van der Waals surface area contributed by atoms with Crippen molar-refractivity contribution in [2.24, 2.45) is 5.92 Å². The van der Waals surface area contributed by atoms with Crippen LogP contribution in [0.15, 0.2) is 72.8 Å². The Morgan fingerprint density at radius 1 is 0.828 bits per heavy atom. The number of piperazine rings is 1. The standard InChI is InChI=1S/C25H28N2O2/c28-23(19-20-9-7-8-10-20)26-15-17-27(18-16-26)25(29)24(21-11-3-1-4-12-21)22-13-5-2-6-14-22/h1-7,9,11-14,20,24H,8,10,15-19H2/t20-/m1/s1. The molecule has 4 nitrogen and oxygen atoms in total. The maximum absolute atomic E-state index is 13.5. The molecule has 2 aliphatic rings. The summed E-state index contributed by atoms with van der Waals surface area (Å²) in [6.45, 7) is 2.44. The molecule has 4 rings (SSSR count). The first-order chi connectivity index (χ1) is 14.2. The monoisotopic (exact) mass is 388 g/mol. The van der Waals surface area contributed by atoms with E-state index >= 15 is 0 Å². The molecule has 2 aromatic rings. The Kier molecular flexibility index (Phi) is 6.09. The average Bonchev–Trinajstić information content (AvgIpc) is 3.28. The van der Waals surface area contributed by atoms with E-state index in [0.29, 0.717) is 38.5 Å². The second-order valence-corrected chi connectivity index (χ2v) is 7.93.